The summed E-state index contributed by atoms with van der Waals surface area (Å²) < 4.78 is 10.7. The Bertz CT molecular complexity index is 799. The fourth-order valence-corrected chi connectivity index (χ4v) is 3.81. The first kappa shape index (κ1) is 20.4. The minimum Gasteiger partial charge on any atom is -0.496 e. The maximum atomic E-state index is 9.60. The molecule has 1 saturated heterocycles. The van der Waals surface area contributed by atoms with Gasteiger partial charge in [0.15, 0.2) is 0 Å². The molecular formula is C21H30N4O3. The number of hydrogen-bond acceptors (Lipinski definition) is 7. The van der Waals surface area contributed by atoms with Crippen LogP contribution in [0, 0.1) is 13.8 Å². The van der Waals surface area contributed by atoms with E-state index in [1.165, 1.54) is 23.0 Å². The third-order valence-corrected chi connectivity index (χ3v) is 5.67. The number of hydrogen-bond donors (Lipinski definition) is 1. The number of nitrogens with zero attached hydrogens (tertiary/aromatic N) is 4. The number of anilines is 1. The van der Waals surface area contributed by atoms with Gasteiger partial charge in [-0.3, -0.25) is 4.90 Å². The van der Waals surface area contributed by atoms with Crippen LogP contribution in [0.3, 0.4) is 0 Å². The number of aromatic nitrogens is 2. The van der Waals surface area contributed by atoms with Crippen molar-refractivity contribution in [3.8, 4) is 11.6 Å². The maximum Gasteiger partial charge on any atom is 0.218 e. The molecule has 1 fully saturated rings. The highest BCUT2D eigenvalue weighted by Gasteiger charge is 2.28. The van der Waals surface area contributed by atoms with Crippen LogP contribution in [0.15, 0.2) is 24.5 Å². The van der Waals surface area contributed by atoms with Crippen molar-refractivity contribution in [2.45, 2.75) is 32.9 Å². The minimum absolute atomic E-state index is 0.169. The molecule has 1 aliphatic heterocycles. The lowest BCUT2D eigenvalue weighted by Gasteiger charge is -2.42. The molecule has 1 aromatic carbocycles. The SMILES string of the molecule is COc1cc(N2CCN(Cc3ccc(OC)c(C)c3C)[C@@H](CCO)C2)ncn1. The summed E-state index contributed by atoms with van der Waals surface area (Å²) in [4.78, 5) is 13.2. The van der Waals surface area contributed by atoms with Crippen LogP contribution in [0.5, 0.6) is 11.6 Å². The van der Waals surface area contributed by atoms with Crippen LogP contribution in [-0.4, -0.2) is 66.5 Å². The van der Waals surface area contributed by atoms with Crippen LogP contribution >= 0.6 is 0 Å². The Morgan fingerprint density at radius 1 is 1.11 bits per heavy atom. The van der Waals surface area contributed by atoms with Crippen molar-refractivity contribution in [2.75, 3.05) is 45.4 Å². The second kappa shape index (κ2) is 9.21. The number of aliphatic hydroxyl groups excluding tert-OH is 1. The second-order valence-electron chi connectivity index (χ2n) is 7.18. The highest BCUT2D eigenvalue weighted by molar-refractivity contribution is 5.44. The van der Waals surface area contributed by atoms with Gasteiger partial charge in [0.05, 0.1) is 14.2 Å². The summed E-state index contributed by atoms with van der Waals surface area (Å²) in [5.41, 5.74) is 3.76. The van der Waals surface area contributed by atoms with Gasteiger partial charge in [0, 0.05) is 44.9 Å². The molecule has 0 unspecified atom stereocenters. The van der Waals surface area contributed by atoms with E-state index < -0.39 is 0 Å². The first-order valence-electron chi connectivity index (χ1n) is 9.66. The number of methoxy groups -OCH3 is 2. The lowest BCUT2D eigenvalue weighted by Crippen LogP contribution is -2.53. The highest BCUT2D eigenvalue weighted by Crippen LogP contribution is 2.27. The molecule has 7 heteroatoms. The zero-order valence-corrected chi connectivity index (χ0v) is 17.2. The zero-order chi connectivity index (χ0) is 20.1. The molecule has 0 aliphatic carbocycles. The van der Waals surface area contributed by atoms with E-state index in [0.717, 1.165) is 44.2 Å². The van der Waals surface area contributed by atoms with Crippen LogP contribution in [0.1, 0.15) is 23.1 Å². The van der Waals surface area contributed by atoms with Crippen molar-refractivity contribution in [3.05, 3.63) is 41.2 Å². The van der Waals surface area contributed by atoms with Gasteiger partial charge in [-0.05, 0) is 43.0 Å². The Morgan fingerprint density at radius 2 is 1.93 bits per heavy atom. The molecule has 2 heterocycles. The van der Waals surface area contributed by atoms with Crippen molar-refractivity contribution in [3.63, 3.8) is 0 Å². The summed E-state index contributed by atoms with van der Waals surface area (Å²) in [6.07, 6.45) is 2.26. The number of aliphatic hydroxyl groups is 1. The van der Waals surface area contributed by atoms with Gasteiger partial charge in [0.25, 0.3) is 0 Å². The Balaban J connectivity index is 1.75. The topological polar surface area (TPSA) is 71.0 Å². The first-order chi connectivity index (χ1) is 13.6. The average Bonchev–Trinajstić information content (AvgIpc) is 2.73. The standard InChI is InChI=1S/C21H30N4O3/c1-15-16(2)19(27-3)6-5-17(15)12-24-8-9-25(13-18(24)7-10-26)20-11-21(28-4)23-14-22-20/h5-6,11,14,18,26H,7-10,12-13H2,1-4H3/t18-/m0/s1. The van der Waals surface area contributed by atoms with Gasteiger partial charge in [0.2, 0.25) is 5.88 Å². The number of rotatable bonds is 7. The molecule has 0 radical (unpaired) electrons. The molecule has 7 nitrogen and oxygen atoms in total. The third-order valence-electron chi connectivity index (χ3n) is 5.67. The van der Waals surface area contributed by atoms with Crippen molar-refractivity contribution in [2.24, 2.45) is 0 Å². The smallest absolute Gasteiger partial charge is 0.218 e. The summed E-state index contributed by atoms with van der Waals surface area (Å²) in [6, 6.07) is 6.31. The van der Waals surface area contributed by atoms with Gasteiger partial charge in [-0.15, -0.1) is 0 Å². The second-order valence-corrected chi connectivity index (χ2v) is 7.18. The molecule has 152 valence electrons. The minimum atomic E-state index is 0.169. The van der Waals surface area contributed by atoms with Crippen LogP contribution in [0.2, 0.25) is 0 Å². The molecule has 0 amide bonds. The lowest BCUT2D eigenvalue weighted by atomic mass is 10.00. The van der Waals surface area contributed by atoms with Gasteiger partial charge in [-0.2, -0.15) is 0 Å². The molecule has 1 N–H and O–H groups in total. The van der Waals surface area contributed by atoms with Crippen LogP contribution in [0.4, 0.5) is 5.82 Å². The Labute approximate surface area is 166 Å². The Hall–Kier alpha value is -2.38. The summed E-state index contributed by atoms with van der Waals surface area (Å²) >= 11 is 0. The van der Waals surface area contributed by atoms with Gasteiger partial charge in [-0.1, -0.05) is 6.07 Å². The maximum absolute atomic E-state index is 9.60. The summed E-state index contributed by atoms with van der Waals surface area (Å²) in [5.74, 6) is 2.36. The van der Waals surface area contributed by atoms with Gasteiger partial charge in [0.1, 0.15) is 17.9 Å². The van der Waals surface area contributed by atoms with E-state index in [2.05, 4.69) is 39.7 Å². The molecular weight excluding hydrogens is 356 g/mol. The van der Waals surface area contributed by atoms with E-state index in [0.29, 0.717) is 5.88 Å². The molecule has 1 aliphatic rings. The molecule has 1 aromatic heterocycles. The summed E-state index contributed by atoms with van der Waals surface area (Å²) in [7, 11) is 3.32. The third kappa shape index (κ3) is 4.36. The fraction of sp³-hybridized carbons (Fsp3) is 0.524. The molecule has 0 bridgehead atoms. The largest absolute Gasteiger partial charge is 0.496 e. The van der Waals surface area contributed by atoms with Crippen LogP contribution in [-0.2, 0) is 6.54 Å². The summed E-state index contributed by atoms with van der Waals surface area (Å²) in [6.45, 7) is 7.87. The highest BCUT2D eigenvalue weighted by atomic mass is 16.5. The van der Waals surface area contributed by atoms with Crippen molar-refractivity contribution >= 4 is 5.82 Å². The number of benzene rings is 1. The Morgan fingerprint density at radius 3 is 2.64 bits per heavy atom. The lowest BCUT2D eigenvalue weighted by molar-refractivity contribution is 0.135. The average molecular weight is 386 g/mol. The van der Waals surface area contributed by atoms with E-state index in [1.54, 1.807) is 14.2 Å². The van der Waals surface area contributed by atoms with E-state index in [-0.39, 0.29) is 12.6 Å². The quantitative estimate of drug-likeness (QED) is 0.782. The van der Waals surface area contributed by atoms with Gasteiger partial charge >= 0.3 is 0 Å². The fourth-order valence-electron chi connectivity index (χ4n) is 3.81. The molecule has 0 spiro atoms. The van der Waals surface area contributed by atoms with Crippen LogP contribution < -0.4 is 14.4 Å². The first-order valence-corrected chi connectivity index (χ1v) is 9.66. The predicted octanol–water partition coefficient (Wildman–Crippen LogP) is 2.18. The van der Waals surface area contributed by atoms with Crippen molar-refractivity contribution < 1.29 is 14.6 Å². The normalized spacial score (nSPS) is 17.6. The monoisotopic (exact) mass is 386 g/mol. The molecule has 0 saturated carbocycles. The predicted molar refractivity (Wildman–Crippen MR) is 109 cm³/mol. The van der Waals surface area contributed by atoms with E-state index in [1.807, 2.05) is 12.1 Å². The molecule has 28 heavy (non-hydrogen) atoms. The number of ether oxygens (including phenoxy) is 2. The van der Waals surface area contributed by atoms with Gasteiger partial charge < -0.3 is 19.5 Å². The van der Waals surface area contributed by atoms with E-state index in [4.69, 9.17) is 9.47 Å². The van der Waals surface area contributed by atoms with Crippen molar-refractivity contribution in [1.82, 2.24) is 14.9 Å². The van der Waals surface area contributed by atoms with E-state index in [9.17, 15) is 5.11 Å². The number of piperazine rings is 1. The van der Waals surface area contributed by atoms with Gasteiger partial charge in [-0.25, -0.2) is 9.97 Å². The molecule has 2 aromatic rings. The molecule has 3 rings (SSSR count). The van der Waals surface area contributed by atoms with Crippen molar-refractivity contribution in [1.29, 1.82) is 0 Å². The zero-order valence-electron chi connectivity index (χ0n) is 17.2. The van der Waals surface area contributed by atoms with E-state index >= 15 is 0 Å². The Kier molecular flexibility index (Phi) is 6.70. The summed E-state index contributed by atoms with van der Waals surface area (Å²) in [5, 5.41) is 9.60. The molecule has 1 atom stereocenters. The van der Waals surface area contributed by atoms with Crippen LogP contribution in [0.25, 0.3) is 0 Å².